The van der Waals surface area contributed by atoms with Crippen molar-refractivity contribution in [3.63, 3.8) is 0 Å². The Morgan fingerprint density at radius 2 is 1.95 bits per heavy atom. The van der Waals surface area contributed by atoms with Gasteiger partial charge in [0.05, 0.1) is 6.21 Å². The van der Waals surface area contributed by atoms with Crippen LogP contribution in [0.3, 0.4) is 0 Å². The van der Waals surface area contributed by atoms with Gasteiger partial charge < -0.3 is 10.5 Å². The van der Waals surface area contributed by atoms with Crippen LogP contribution in [-0.4, -0.2) is 12.2 Å². The SMILES string of the molecule is Cc1cccc(Oc2ccc(C=NNC(N)=O)cc2)c1. The molecule has 0 atom stereocenters. The predicted molar refractivity (Wildman–Crippen MR) is 78.0 cm³/mol. The number of carbonyl (C=O) groups is 1. The summed E-state index contributed by atoms with van der Waals surface area (Å²) in [6, 6.07) is 14.4. The van der Waals surface area contributed by atoms with E-state index in [4.69, 9.17) is 10.5 Å². The minimum absolute atomic E-state index is 0.694. The molecule has 0 aliphatic heterocycles. The van der Waals surface area contributed by atoms with Gasteiger partial charge in [-0.15, -0.1) is 0 Å². The van der Waals surface area contributed by atoms with Crippen LogP contribution >= 0.6 is 0 Å². The normalized spacial score (nSPS) is 10.4. The summed E-state index contributed by atoms with van der Waals surface area (Å²) < 4.78 is 5.72. The Morgan fingerprint density at radius 1 is 1.20 bits per heavy atom. The van der Waals surface area contributed by atoms with Crippen molar-refractivity contribution in [1.82, 2.24) is 5.43 Å². The van der Waals surface area contributed by atoms with Crippen molar-refractivity contribution >= 4 is 12.2 Å². The lowest BCUT2D eigenvalue weighted by molar-refractivity contribution is 0.249. The van der Waals surface area contributed by atoms with E-state index < -0.39 is 6.03 Å². The highest BCUT2D eigenvalue weighted by molar-refractivity contribution is 5.81. The van der Waals surface area contributed by atoms with E-state index >= 15 is 0 Å². The van der Waals surface area contributed by atoms with Gasteiger partial charge in [0.15, 0.2) is 0 Å². The van der Waals surface area contributed by atoms with Crippen molar-refractivity contribution in [3.05, 3.63) is 59.7 Å². The summed E-state index contributed by atoms with van der Waals surface area (Å²) in [4.78, 5) is 10.5. The maximum Gasteiger partial charge on any atom is 0.332 e. The Hall–Kier alpha value is -2.82. The lowest BCUT2D eigenvalue weighted by Gasteiger charge is -2.06. The molecule has 3 N–H and O–H groups in total. The third-order valence-corrected chi connectivity index (χ3v) is 2.49. The second-order valence-electron chi connectivity index (χ2n) is 4.22. The average Bonchev–Trinajstić information content (AvgIpc) is 2.40. The molecule has 0 aliphatic rings. The van der Waals surface area contributed by atoms with E-state index in [1.165, 1.54) is 6.21 Å². The van der Waals surface area contributed by atoms with Crippen LogP contribution < -0.4 is 15.9 Å². The van der Waals surface area contributed by atoms with Gasteiger partial charge in [-0.3, -0.25) is 0 Å². The van der Waals surface area contributed by atoms with Gasteiger partial charge in [0.1, 0.15) is 11.5 Å². The van der Waals surface area contributed by atoms with Crippen LogP contribution in [0.2, 0.25) is 0 Å². The minimum atomic E-state index is -0.694. The van der Waals surface area contributed by atoms with Crippen molar-refractivity contribution in [2.75, 3.05) is 0 Å². The van der Waals surface area contributed by atoms with Gasteiger partial charge in [-0.1, -0.05) is 12.1 Å². The summed E-state index contributed by atoms with van der Waals surface area (Å²) >= 11 is 0. The maximum absolute atomic E-state index is 10.5. The zero-order valence-electron chi connectivity index (χ0n) is 11.0. The van der Waals surface area contributed by atoms with Gasteiger partial charge in [-0.25, -0.2) is 10.2 Å². The fourth-order valence-corrected chi connectivity index (χ4v) is 1.61. The number of hydrogen-bond acceptors (Lipinski definition) is 3. The number of hydrogen-bond donors (Lipinski definition) is 2. The number of carbonyl (C=O) groups excluding carboxylic acids is 1. The third kappa shape index (κ3) is 4.13. The number of primary amides is 1. The molecule has 0 unspecified atom stereocenters. The van der Waals surface area contributed by atoms with Gasteiger partial charge in [-0.05, 0) is 54.4 Å². The molecule has 5 heteroatoms. The number of nitrogens with two attached hydrogens (primary N) is 1. The van der Waals surface area contributed by atoms with Crippen LogP contribution in [0.15, 0.2) is 53.6 Å². The van der Waals surface area contributed by atoms with Crippen molar-refractivity contribution in [1.29, 1.82) is 0 Å². The Labute approximate surface area is 117 Å². The first-order valence-electron chi connectivity index (χ1n) is 6.06. The zero-order valence-corrected chi connectivity index (χ0v) is 11.0. The monoisotopic (exact) mass is 269 g/mol. The van der Waals surface area contributed by atoms with Gasteiger partial charge in [-0.2, -0.15) is 5.10 Å². The molecule has 5 nitrogen and oxygen atoms in total. The number of nitrogens with one attached hydrogen (secondary N) is 1. The number of benzene rings is 2. The highest BCUT2D eigenvalue weighted by Gasteiger charge is 1.97. The van der Waals surface area contributed by atoms with Crippen LogP contribution in [0.5, 0.6) is 11.5 Å². The van der Waals surface area contributed by atoms with Crippen molar-refractivity contribution < 1.29 is 9.53 Å². The molecule has 0 aromatic heterocycles. The number of ether oxygens (including phenoxy) is 1. The van der Waals surface area contributed by atoms with Gasteiger partial charge in [0, 0.05) is 0 Å². The molecule has 2 aromatic carbocycles. The molecule has 0 radical (unpaired) electrons. The number of nitrogens with zero attached hydrogens (tertiary/aromatic N) is 1. The Balaban J connectivity index is 2.01. The molecule has 0 fully saturated rings. The fourth-order valence-electron chi connectivity index (χ4n) is 1.61. The van der Waals surface area contributed by atoms with Gasteiger partial charge >= 0.3 is 6.03 Å². The van der Waals surface area contributed by atoms with Crippen molar-refractivity contribution in [2.24, 2.45) is 10.8 Å². The highest BCUT2D eigenvalue weighted by Crippen LogP contribution is 2.22. The van der Waals surface area contributed by atoms with E-state index in [0.29, 0.717) is 0 Å². The number of amides is 2. The molecule has 0 saturated carbocycles. The number of aryl methyl sites for hydroxylation is 1. The molecule has 2 rings (SSSR count). The molecular formula is C15H15N3O2. The molecule has 0 saturated heterocycles. The van der Waals surface area contributed by atoms with E-state index in [9.17, 15) is 4.79 Å². The van der Waals surface area contributed by atoms with E-state index in [2.05, 4.69) is 10.5 Å². The molecule has 0 aliphatic carbocycles. The van der Waals surface area contributed by atoms with Crippen LogP contribution in [0.25, 0.3) is 0 Å². The van der Waals surface area contributed by atoms with E-state index in [0.717, 1.165) is 22.6 Å². The predicted octanol–water partition coefficient (Wildman–Crippen LogP) is 2.79. The van der Waals surface area contributed by atoms with Gasteiger partial charge in [0.25, 0.3) is 0 Å². The second kappa shape index (κ2) is 6.38. The summed E-state index contributed by atoms with van der Waals surface area (Å²) in [5, 5.41) is 3.68. The molecule has 0 spiro atoms. The number of hydrazone groups is 1. The average molecular weight is 269 g/mol. The molecule has 2 amide bonds. The van der Waals surface area contributed by atoms with Gasteiger partial charge in [0.2, 0.25) is 0 Å². The third-order valence-electron chi connectivity index (χ3n) is 2.49. The van der Waals surface area contributed by atoms with Crippen LogP contribution in [0, 0.1) is 6.92 Å². The summed E-state index contributed by atoms with van der Waals surface area (Å²) in [5.41, 5.74) is 9.00. The minimum Gasteiger partial charge on any atom is -0.457 e. The largest absolute Gasteiger partial charge is 0.457 e. The Kier molecular flexibility index (Phi) is 4.34. The smallest absolute Gasteiger partial charge is 0.332 e. The summed E-state index contributed by atoms with van der Waals surface area (Å²) in [5.74, 6) is 1.53. The van der Waals surface area contributed by atoms with E-state index in [-0.39, 0.29) is 0 Å². The Bertz CT molecular complexity index is 621. The first-order chi connectivity index (χ1) is 9.63. The zero-order chi connectivity index (χ0) is 14.4. The van der Waals surface area contributed by atoms with Crippen LogP contribution in [0.4, 0.5) is 4.79 Å². The molecular weight excluding hydrogens is 254 g/mol. The quantitative estimate of drug-likeness (QED) is 0.661. The van der Waals surface area contributed by atoms with Crippen molar-refractivity contribution in [2.45, 2.75) is 6.92 Å². The summed E-state index contributed by atoms with van der Waals surface area (Å²) in [6.45, 7) is 2.01. The summed E-state index contributed by atoms with van der Waals surface area (Å²) in [7, 11) is 0. The number of urea groups is 1. The molecule has 0 bridgehead atoms. The van der Waals surface area contributed by atoms with Crippen LogP contribution in [-0.2, 0) is 0 Å². The Morgan fingerprint density at radius 3 is 2.60 bits per heavy atom. The van der Waals surface area contributed by atoms with Crippen LogP contribution in [0.1, 0.15) is 11.1 Å². The standard InChI is InChI=1S/C15H15N3O2/c1-11-3-2-4-14(9-11)20-13-7-5-12(6-8-13)10-17-18-15(16)19/h2-10H,1H3,(H3,16,18,19). The first-order valence-corrected chi connectivity index (χ1v) is 6.06. The first kappa shape index (κ1) is 13.6. The lowest BCUT2D eigenvalue weighted by Crippen LogP contribution is -2.24. The van der Waals surface area contributed by atoms with Crippen molar-refractivity contribution in [3.8, 4) is 11.5 Å². The fraction of sp³-hybridized carbons (Fsp3) is 0.0667. The van der Waals surface area contributed by atoms with E-state index in [1.807, 2.05) is 55.5 Å². The second-order valence-corrected chi connectivity index (χ2v) is 4.22. The molecule has 102 valence electrons. The highest BCUT2D eigenvalue weighted by atomic mass is 16.5. The lowest BCUT2D eigenvalue weighted by atomic mass is 10.2. The molecule has 2 aromatic rings. The molecule has 0 heterocycles. The number of rotatable bonds is 4. The topological polar surface area (TPSA) is 76.7 Å². The molecule has 20 heavy (non-hydrogen) atoms. The summed E-state index contributed by atoms with van der Waals surface area (Å²) in [6.07, 6.45) is 1.50. The van der Waals surface area contributed by atoms with E-state index in [1.54, 1.807) is 0 Å². The maximum atomic E-state index is 10.5.